The van der Waals surface area contributed by atoms with E-state index in [0.29, 0.717) is 43.0 Å². The zero-order valence-corrected chi connectivity index (χ0v) is 23.6. The molecule has 3 aromatic rings. The number of carbonyl (C=O) groups excluding carboxylic acids is 3. The van der Waals surface area contributed by atoms with Crippen molar-refractivity contribution in [1.82, 2.24) is 25.6 Å². The quantitative estimate of drug-likeness (QED) is 0.316. The summed E-state index contributed by atoms with van der Waals surface area (Å²) in [5, 5.41) is 12.0. The number of nitrogens with zero attached hydrogens (tertiary/aromatic N) is 3. The lowest BCUT2D eigenvalue weighted by Crippen LogP contribution is -2.48. The first kappa shape index (κ1) is 30.7. The van der Waals surface area contributed by atoms with Crippen LogP contribution in [0.3, 0.4) is 0 Å². The van der Waals surface area contributed by atoms with Gasteiger partial charge in [-0.3, -0.25) is 10.1 Å². The molecule has 224 valence electrons. The summed E-state index contributed by atoms with van der Waals surface area (Å²) in [6, 6.07) is 10.2. The Balaban J connectivity index is 1.36. The summed E-state index contributed by atoms with van der Waals surface area (Å²) in [6.07, 6.45) is -0.537. The second-order valence-corrected chi connectivity index (χ2v) is 9.99. The van der Waals surface area contributed by atoms with Crippen LogP contribution in [0.4, 0.5) is 24.3 Å². The molecule has 1 fully saturated rings. The predicted octanol–water partition coefficient (Wildman–Crippen LogP) is 4.24. The van der Waals surface area contributed by atoms with E-state index in [-0.39, 0.29) is 42.8 Å². The number of aromatic nitrogens is 1. The molecular weight excluding hydrogens is 574 g/mol. The number of rotatable bonds is 10. The predicted molar refractivity (Wildman–Crippen MR) is 151 cm³/mol. The number of piperazine rings is 1. The highest BCUT2D eigenvalue weighted by Gasteiger charge is 2.25. The molecule has 4 rings (SSSR count). The summed E-state index contributed by atoms with van der Waals surface area (Å²) in [6.45, 7) is 2.30. The van der Waals surface area contributed by atoms with Crippen LogP contribution in [0.1, 0.15) is 18.4 Å². The lowest BCUT2D eigenvalue weighted by atomic mass is 10.1. The largest absolute Gasteiger partial charge is 0.447 e. The van der Waals surface area contributed by atoms with Gasteiger partial charge in [-0.05, 0) is 30.2 Å². The van der Waals surface area contributed by atoms with Gasteiger partial charge in [0.15, 0.2) is 0 Å². The molecule has 1 aliphatic heterocycles. The van der Waals surface area contributed by atoms with E-state index >= 15 is 0 Å². The van der Waals surface area contributed by atoms with Crippen LogP contribution < -0.4 is 16.0 Å². The Morgan fingerprint density at radius 1 is 1.17 bits per heavy atom. The Morgan fingerprint density at radius 3 is 2.69 bits per heavy atom. The van der Waals surface area contributed by atoms with Crippen LogP contribution in [0.15, 0.2) is 53.1 Å². The molecule has 0 bridgehead atoms. The summed E-state index contributed by atoms with van der Waals surface area (Å²) in [5.41, 5.74) is 1.16. The number of carbonyl (C=O) groups is 3. The molecular formula is C28H31ClF2N6O5. The van der Waals surface area contributed by atoms with Gasteiger partial charge in [0.25, 0.3) is 0 Å². The number of halogens is 3. The number of anilines is 1. The maximum atomic E-state index is 13.8. The normalized spacial score (nSPS) is 13.8. The molecule has 42 heavy (non-hydrogen) atoms. The minimum Gasteiger partial charge on any atom is -0.447 e. The van der Waals surface area contributed by atoms with Gasteiger partial charge in [-0.25, -0.2) is 18.4 Å². The minimum atomic E-state index is -0.879. The van der Waals surface area contributed by atoms with E-state index in [1.807, 2.05) is 0 Å². The molecule has 2 aromatic carbocycles. The monoisotopic (exact) mass is 604 g/mol. The van der Waals surface area contributed by atoms with E-state index in [2.05, 4.69) is 21.1 Å². The molecule has 3 N–H and O–H groups in total. The fraction of sp³-hybridized carbons (Fsp3) is 0.357. The lowest BCUT2D eigenvalue weighted by Gasteiger charge is -2.30. The first-order valence-electron chi connectivity index (χ1n) is 13.3. The summed E-state index contributed by atoms with van der Waals surface area (Å²) in [5.74, 6) is -1.14. The number of hydrogen-bond donors (Lipinski definition) is 3. The van der Waals surface area contributed by atoms with Crippen molar-refractivity contribution in [2.24, 2.45) is 0 Å². The maximum Gasteiger partial charge on any atom is 0.414 e. The zero-order chi connectivity index (χ0) is 30.1. The fourth-order valence-corrected chi connectivity index (χ4v) is 4.52. The van der Waals surface area contributed by atoms with Crippen LogP contribution in [-0.4, -0.2) is 78.9 Å². The van der Waals surface area contributed by atoms with Crippen LogP contribution in [0.25, 0.3) is 11.3 Å². The number of ether oxygens (including phenoxy) is 1. The highest BCUT2D eigenvalue weighted by Crippen LogP contribution is 2.23. The number of urea groups is 1. The van der Waals surface area contributed by atoms with Crippen LogP contribution in [0.2, 0.25) is 5.02 Å². The van der Waals surface area contributed by atoms with Gasteiger partial charge in [0, 0.05) is 57.8 Å². The third-order valence-corrected chi connectivity index (χ3v) is 7.18. The number of benzene rings is 2. The molecule has 0 aliphatic carbocycles. The van der Waals surface area contributed by atoms with E-state index < -0.39 is 29.8 Å². The standard InChI is InChI=1S/C28H31ClF2N6O5/c1-36(27(39)33-16-19-5-3-7-22(31)26(19)29)21(8-9-25(38)37-12-10-32-11-13-37)17-41-28(40)34-24-15-23(35-42-24)18-4-2-6-20(30)14-18/h2-7,14-15,21,32H,8-13,16-17H2,1H3,(H,33,39)(H,34,40). The van der Waals surface area contributed by atoms with Crippen molar-refractivity contribution in [2.45, 2.75) is 25.4 Å². The van der Waals surface area contributed by atoms with Crippen molar-refractivity contribution in [3.8, 4) is 11.3 Å². The number of hydrogen-bond acceptors (Lipinski definition) is 7. The Hall–Kier alpha value is -4.23. The minimum absolute atomic E-state index is 0.0252. The van der Waals surface area contributed by atoms with Gasteiger partial charge in [-0.1, -0.05) is 41.0 Å². The molecule has 2 heterocycles. The van der Waals surface area contributed by atoms with Crippen molar-refractivity contribution in [3.63, 3.8) is 0 Å². The summed E-state index contributed by atoms with van der Waals surface area (Å²) < 4.78 is 37.8. The Morgan fingerprint density at radius 2 is 1.93 bits per heavy atom. The van der Waals surface area contributed by atoms with Gasteiger partial charge >= 0.3 is 12.1 Å². The van der Waals surface area contributed by atoms with Gasteiger partial charge in [-0.15, -0.1) is 0 Å². The zero-order valence-electron chi connectivity index (χ0n) is 22.9. The topological polar surface area (TPSA) is 129 Å². The molecule has 14 heteroatoms. The molecule has 1 saturated heterocycles. The molecule has 1 atom stereocenters. The van der Waals surface area contributed by atoms with Gasteiger partial charge < -0.3 is 29.7 Å². The van der Waals surface area contributed by atoms with E-state index in [1.165, 1.54) is 48.3 Å². The second kappa shape index (κ2) is 14.6. The fourth-order valence-electron chi connectivity index (χ4n) is 4.32. The van der Waals surface area contributed by atoms with Crippen molar-refractivity contribution >= 4 is 35.5 Å². The Bertz CT molecular complexity index is 1400. The van der Waals surface area contributed by atoms with Crippen LogP contribution in [0.5, 0.6) is 0 Å². The Labute approximate surface area is 246 Å². The molecule has 1 aromatic heterocycles. The molecule has 0 radical (unpaired) electrons. The summed E-state index contributed by atoms with van der Waals surface area (Å²) >= 11 is 5.99. The van der Waals surface area contributed by atoms with Crippen molar-refractivity contribution in [2.75, 3.05) is 45.2 Å². The van der Waals surface area contributed by atoms with Crippen LogP contribution >= 0.6 is 11.6 Å². The smallest absolute Gasteiger partial charge is 0.414 e. The average Bonchev–Trinajstić information content (AvgIpc) is 3.46. The molecule has 0 saturated carbocycles. The van der Waals surface area contributed by atoms with Gasteiger partial charge in [0.2, 0.25) is 11.8 Å². The number of likely N-dealkylation sites (N-methyl/N-ethyl adjacent to an activating group) is 1. The first-order valence-corrected chi connectivity index (χ1v) is 13.7. The lowest BCUT2D eigenvalue weighted by molar-refractivity contribution is -0.132. The van der Waals surface area contributed by atoms with E-state index in [4.69, 9.17) is 20.9 Å². The highest BCUT2D eigenvalue weighted by atomic mass is 35.5. The van der Waals surface area contributed by atoms with Crippen LogP contribution in [0, 0.1) is 11.6 Å². The number of nitrogens with one attached hydrogen (secondary N) is 3. The molecule has 1 unspecified atom stereocenters. The van der Waals surface area contributed by atoms with Crippen molar-refractivity contribution < 1.29 is 32.4 Å². The molecule has 1 aliphatic rings. The third kappa shape index (κ3) is 8.40. The first-order chi connectivity index (χ1) is 20.2. The van der Waals surface area contributed by atoms with Gasteiger partial charge in [-0.2, -0.15) is 0 Å². The molecule has 0 spiro atoms. The SMILES string of the molecule is CN(C(=O)NCc1cccc(F)c1Cl)C(CCC(=O)N1CCNCC1)COC(=O)Nc1cc(-c2cccc(F)c2)no1. The van der Waals surface area contributed by atoms with Crippen molar-refractivity contribution in [3.05, 3.63) is 70.8 Å². The van der Waals surface area contributed by atoms with E-state index in [0.717, 1.165) is 0 Å². The Kier molecular flexibility index (Phi) is 10.7. The summed E-state index contributed by atoms with van der Waals surface area (Å²) in [7, 11) is 1.51. The molecule has 4 amide bonds. The van der Waals surface area contributed by atoms with Gasteiger partial charge in [0.05, 0.1) is 11.1 Å². The second-order valence-electron chi connectivity index (χ2n) is 9.62. The summed E-state index contributed by atoms with van der Waals surface area (Å²) in [4.78, 5) is 41.3. The number of amides is 4. The van der Waals surface area contributed by atoms with Crippen LogP contribution in [-0.2, 0) is 16.1 Å². The van der Waals surface area contributed by atoms with E-state index in [1.54, 1.807) is 17.0 Å². The highest BCUT2D eigenvalue weighted by molar-refractivity contribution is 6.31. The molecule has 11 nitrogen and oxygen atoms in total. The third-order valence-electron chi connectivity index (χ3n) is 6.75. The maximum absolute atomic E-state index is 13.8. The van der Waals surface area contributed by atoms with Gasteiger partial charge in [0.1, 0.15) is 23.9 Å². The average molecular weight is 605 g/mol. The van der Waals surface area contributed by atoms with Crippen molar-refractivity contribution in [1.29, 1.82) is 0 Å². The van der Waals surface area contributed by atoms with E-state index in [9.17, 15) is 23.2 Å².